The maximum atomic E-state index is 12.7. The number of carbonyl (C=O) groups is 1. The lowest BCUT2D eigenvalue weighted by atomic mass is 10.2. The second-order valence-electron chi connectivity index (χ2n) is 6.04. The summed E-state index contributed by atoms with van der Waals surface area (Å²) >= 11 is 1.54. The van der Waals surface area contributed by atoms with Crippen LogP contribution >= 0.6 is 11.3 Å². The molecule has 3 aromatic rings. The molecule has 1 N–H and O–H groups in total. The average molecular weight is 385 g/mol. The van der Waals surface area contributed by atoms with Crippen molar-refractivity contribution in [3.63, 3.8) is 0 Å². The lowest BCUT2D eigenvalue weighted by Gasteiger charge is -2.11. The van der Waals surface area contributed by atoms with Gasteiger partial charge in [0.2, 0.25) is 0 Å². The van der Waals surface area contributed by atoms with Gasteiger partial charge in [-0.1, -0.05) is 6.07 Å². The molecule has 142 valence electrons. The first-order valence-corrected chi connectivity index (χ1v) is 9.59. The van der Waals surface area contributed by atoms with Crippen LogP contribution in [0.5, 0.6) is 11.5 Å². The summed E-state index contributed by atoms with van der Waals surface area (Å²) in [7, 11) is 1.60. The van der Waals surface area contributed by atoms with Crippen LogP contribution in [-0.2, 0) is 6.54 Å². The van der Waals surface area contributed by atoms with Gasteiger partial charge in [-0.05, 0) is 44.5 Å². The monoisotopic (exact) mass is 385 g/mol. The third-order valence-corrected chi connectivity index (χ3v) is 5.02. The number of amides is 1. The number of carbonyl (C=O) groups excluding carboxylic acids is 1. The molecule has 0 aliphatic rings. The van der Waals surface area contributed by atoms with Gasteiger partial charge in [-0.2, -0.15) is 0 Å². The van der Waals surface area contributed by atoms with Crippen LogP contribution in [-0.4, -0.2) is 29.2 Å². The third-order valence-electron chi connectivity index (χ3n) is 4.27. The fourth-order valence-electron chi connectivity index (χ4n) is 2.99. The molecule has 0 radical (unpaired) electrons. The highest BCUT2D eigenvalue weighted by Crippen LogP contribution is 2.28. The fraction of sp³-hybridized carbons (Fsp3) is 0.300. The summed E-state index contributed by atoms with van der Waals surface area (Å²) in [6, 6.07) is 7.56. The van der Waals surface area contributed by atoms with E-state index in [0.29, 0.717) is 30.2 Å². The maximum Gasteiger partial charge on any atom is 0.253 e. The number of hydrogen-bond donors (Lipinski definition) is 1. The summed E-state index contributed by atoms with van der Waals surface area (Å²) in [4.78, 5) is 17.0. The number of benzene rings is 1. The smallest absolute Gasteiger partial charge is 0.253 e. The van der Waals surface area contributed by atoms with Crippen molar-refractivity contribution in [2.75, 3.05) is 13.7 Å². The standard InChI is InChI=1S/C20H23N3O3S/c1-5-26-17-7-6-15(11-18(17)25-4)12-22-19(24)16-10-13(2)23(14(16)3)20-21-8-9-27-20/h6-11H,5,12H2,1-4H3,(H,22,24). The highest BCUT2D eigenvalue weighted by atomic mass is 32.1. The van der Waals surface area contributed by atoms with E-state index in [1.807, 2.05) is 55.0 Å². The van der Waals surface area contributed by atoms with E-state index in [-0.39, 0.29) is 5.91 Å². The van der Waals surface area contributed by atoms with E-state index >= 15 is 0 Å². The van der Waals surface area contributed by atoms with Gasteiger partial charge < -0.3 is 14.8 Å². The van der Waals surface area contributed by atoms with Crippen molar-refractivity contribution in [1.82, 2.24) is 14.9 Å². The van der Waals surface area contributed by atoms with Crippen molar-refractivity contribution in [3.05, 3.63) is 58.4 Å². The van der Waals surface area contributed by atoms with Gasteiger partial charge in [0.1, 0.15) is 0 Å². The number of nitrogens with zero attached hydrogens (tertiary/aromatic N) is 2. The molecule has 0 aliphatic carbocycles. The van der Waals surface area contributed by atoms with E-state index in [9.17, 15) is 4.79 Å². The van der Waals surface area contributed by atoms with Gasteiger partial charge in [0.15, 0.2) is 16.6 Å². The lowest BCUT2D eigenvalue weighted by Crippen LogP contribution is -2.23. The van der Waals surface area contributed by atoms with Crippen LogP contribution in [0.25, 0.3) is 5.13 Å². The summed E-state index contributed by atoms with van der Waals surface area (Å²) in [6.07, 6.45) is 1.76. The van der Waals surface area contributed by atoms with Crippen molar-refractivity contribution < 1.29 is 14.3 Å². The molecule has 0 bridgehead atoms. The number of rotatable bonds is 7. The average Bonchev–Trinajstić information content (AvgIpc) is 3.28. The van der Waals surface area contributed by atoms with E-state index in [0.717, 1.165) is 22.1 Å². The largest absolute Gasteiger partial charge is 0.493 e. The van der Waals surface area contributed by atoms with Gasteiger partial charge in [0.25, 0.3) is 5.91 Å². The number of aromatic nitrogens is 2. The predicted octanol–water partition coefficient (Wildman–Crippen LogP) is 3.89. The van der Waals surface area contributed by atoms with Gasteiger partial charge in [-0.3, -0.25) is 9.36 Å². The Morgan fingerprint density at radius 3 is 2.74 bits per heavy atom. The van der Waals surface area contributed by atoms with Crippen molar-refractivity contribution in [2.24, 2.45) is 0 Å². The van der Waals surface area contributed by atoms with Gasteiger partial charge in [-0.15, -0.1) is 11.3 Å². The molecule has 0 aliphatic heterocycles. The van der Waals surface area contributed by atoms with E-state index < -0.39 is 0 Å². The minimum Gasteiger partial charge on any atom is -0.493 e. The highest BCUT2D eigenvalue weighted by Gasteiger charge is 2.17. The zero-order valence-electron chi connectivity index (χ0n) is 15.9. The predicted molar refractivity (Wildman–Crippen MR) is 106 cm³/mol. The first-order valence-electron chi connectivity index (χ1n) is 8.71. The topological polar surface area (TPSA) is 65.4 Å². The molecule has 0 atom stereocenters. The molecule has 0 unspecified atom stereocenters. The fourth-order valence-corrected chi connectivity index (χ4v) is 3.74. The molecular weight excluding hydrogens is 362 g/mol. The minimum absolute atomic E-state index is 0.112. The molecule has 0 saturated carbocycles. The maximum absolute atomic E-state index is 12.7. The first-order chi connectivity index (χ1) is 13.0. The lowest BCUT2D eigenvalue weighted by molar-refractivity contribution is 0.0950. The Kier molecular flexibility index (Phi) is 5.81. The molecule has 1 aromatic carbocycles. The van der Waals surface area contributed by atoms with Crippen molar-refractivity contribution in [1.29, 1.82) is 0 Å². The number of nitrogens with one attached hydrogen (secondary N) is 1. The number of aryl methyl sites for hydroxylation is 1. The Morgan fingerprint density at radius 2 is 2.07 bits per heavy atom. The quantitative estimate of drug-likeness (QED) is 0.670. The normalized spacial score (nSPS) is 10.7. The van der Waals surface area contributed by atoms with Crippen LogP contribution in [0.15, 0.2) is 35.8 Å². The molecular formula is C20H23N3O3S. The summed E-state index contributed by atoms with van der Waals surface area (Å²) in [6.45, 7) is 6.81. The van der Waals surface area contributed by atoms with E-state index in [1.165, 1.54) is 0 Å². The van der Waals surface area contributed by atoms with Gasteiger partial charge in [-0.25, -0.2) is 4.98 Å². The molecule has 0 spiro atoms. The minimum atomic E-state index is -0.112. The Morgan fingerprint density at radius 1 is 1.26 bits per heavy atom. The second-order valence-corrected chi connectivity index (χ2v) is 6.91. The van der Waals surface area contributed by atoms with Gasteiger partial charge in [0.05, 0.1) is 19.3 Å². The van der Waals surface area contributed by atoms with Crippen molar-refractivity contribution in [3.8, 4) is 16.6 Å². The second kappa shape index (κ2) is 8.26. The van der Waals surface area contributed by atoms with Crippen LogP contribution in [0.3, 0.4) is 0 Å². The van der Waals surface area contributed by atoms with Crippen LogP contribution in [0.1, 0.15) is 34.2 Å². The zero-order valence-corrected chi connectivity index (χ0v) is 16.7. The van der Waals surface area contributed by atoms with Gasteiger partial charge in [0, 0.05) is 29.5 Å². The number of hydrogen-bond acceptors (Lipinski definition) is 5. The molecule has 2 aromatic heterocycles. The summed E-state index contributed by atoms with van der Waals surface area (Å²) < 4.78 is 12.9. The molecule has 27 heavy (non-hydrogen) atoms. The molecule has 0 fully saturated rings. The molecule has 2 heterocycles. The van der Waals surface area contributed by atoms with Crippen molar-refractivity contribution >= 4 is 17.2 Å². The molecule has 6 nitrogen and oxygen atoms in total. The first kappa shape index (κ1) is 19.0. The number of methoxy groups -OCH3 is 1. The number of thiazole rings is 1. The molecule has 3 rings (SSSR count). The van der Waals surface area contributed by atoms with Crippen LogP contribution in [0.2, 0.25) is 0 Å². The van der Waals surface area contributed by atoms with Crippen LogP contribution in [0, 0.1) is 13.8 Å². The zero-order chi connectivity index (χ0) is 19.4. The van der Waals surface area contributed by atoms with E-state index in [4.69, 9.17) is 9.47 Å². The van der Waals surface area contributed by atoms with Crippen LogP contribution in [0.4, 0.5) is 0 Å². The SMILES string of the molecule is CCOc1ccc(CNC(=O)c2cc(C)n(-c3nccs3)c2C)cc1OC. The van der Waals surface area contributed by atoms with Crippen molar-refractivity contribution in [2.45, 2.75) is 27.3 Å². The molecule has 1 amide bonds. The summed E-state index contributed by atoms with van der Waals surface area (Å²) in [5.74, 6) is 1.24. The molecule has 7 heteroatoms. The third kappa shape index (κ3) is 3.98. The Bertz CT molecular complexity index is 932. The van der Waals surface area contributed by atoms with E-state index in [2.05, 4.69) is 10.3 Å². The Hall–Kier alpha value is -2.80. The van der Waals surface area contributed by atoms with Gasteiger partial charge >= 0.3 is 0 Å². The Balaban J connectivity index is 1.74. The molecule has 0 saturated heterocycles. The van der Waals surface area contributed by atoms with E-state index in [1.54, 1.807) is 24.6 Å². The summed E-state index contributed by atoms with van der Waals surface area (Å²) in [5.41, 5.74) is 3.46. The number of ether oxygens (including phenoxy) is 2. The summed E-state index contributed by atoms with van der Waals surface area (Å²) in [5, 5.41) is 5.76. The Labute approximate surface area is 162 Å². The van der Waals surface area contributed by atoms with Crippen LogP contribution < -0.4 is 14.8 Å². The highest BCUT2D eigenvalue weighted by molar-refractivity contribution is 7.12.